The molecule has 1 aromatic rings. The molecule has 0 spiro atoms. The lowest BCUT2D eigenvalue weighted by Crippen LogP contribution is -2.15. The summed E-state index contributed by atoms with van der Waals surface area (Å²) in [5, 5.41) is 0.195. The molecular weight excluding hydrogens is 238 g/mol. The van der Waals surface area contributed by atoms with Crippen molar-refractivity contribution in [2.75, 3.05) is 6.61 Å². The third-order valence-electron chi connectivity index (χ3n) is 2.81. The number of carbonyl (C=O) groups excluding carboxylic acids is 1. The molecule has 1 aliphatic carbocycles. The van der Waals surface area contributed by atoms with Crippen LogP contribution in [0.15, 0.2) is 30.5 Å². The molecule has 0 saturated heterocycles. The predicted molar refractivity (Wildman–Crippen MR) is 66.0 cm³/mol. The first-order valence-corrected chi connectivity index (χ1v) is 6.08. The van der Waals surface area contributed by atoms with Gasteiger partial charge in [-0.25, -0.2) is 9.78 Å². The normalized spacial score (nSPS) is 19.0. The zero-order chi connectivity index (χ0) is 12.1. The van der Waals surface area contributed by atoms with Crippen LogP contribution in [0.3, 0.4) is 0 Å². The van der Waals surface area contributed by atoms with Crippen LogP contribution >= 0.6 is 11.6 Å². The number of pyridine rings is 1. The van der Waals surface area contributed by atoms with Gasteiger partial charge in [-0.1, -0.05) is 23.8 Å². The summed E-state index contributed by atoms with van der Waals surface area (Å²) >= 11 is 5.82. The van der Waals surface area contributed by atoms with Gasteiger partial charge in [-0.3, -0.25) is 0 Å². The fraction of sp³-hybridized carbons (Fsp3) is 0.385. The molecule has 0 amide bonds. The Morgan fingerprint density at radius 2 is 2.41 bits per heavy atom. The maximum Gasteiger partial charge on any atom is 0.341 e. The molecule has 1 atom stereocenters. The summed E-state index contributed by atoms with van der Waals surface area (Å²) in [6.45, 7) is 0.453. The van der Waals surface area contributed by atoms with E-state index in [1.807, 2.05) is 0 Å². The lowest BCUT2D eigenvalue weighted by atomic mass is 9.95. The average Bonchev–Trinajstić information content (AvgIpc) is 2.38. The monoisotopic (exact) mass is 251 g/mol. The second-order valence-electron chi connectivity index (χ2n) is 4.09. The highest BCUT2D eigenvalue weighted by molar-refractivity contribution is 6.32. The summed E-state index contributed by atoms with van der Waals surface area (Å²) in [6, 6.07) is 3.30. The number of aromatic nitrogens is 1. The Kier molecular flexibility index (Phi) is 4.15. The quantitative estimate of drug-likeness (QED) is 0.470. The molecule has 0 saturated carbocycles. The van der Waals surface area contributed by atoms with Gasteiger partial charge in [0.2, 0.25) is 0 Å². The van der Waals surface area contributed by atoms with Crippen LogP contribution in [0.1, 0.15) is 29.6 Å². The molecule has 0 aromatic carbocycles. The average molecular weight is 252 g/mol. The van der Waals surface area contributed by atoms with Crippen molar-refractivity contribution in [3.63, 3.8) is 0 Å². The molecule has 4 heteroatoms. The maximum absolute atomic E-state index is 11.7. The molecule has 1 aromatic heterocycles. The second-order valence-corrected chi connectivity index (χ2v) is 4.45. The molecule has 1 heterocycles. The number of rotatable bonds is 3. The minimum atomic E-state index is -0.391. The van der Waals surface area contributed by atoms with Gasteiger partial charge in [0.05, 0.1) is 12.2 Å². The van der Waals surface area contributed by atoms with Crippen LogP contribution < -0.4 is 0 Å². The number of carbonyl (C=O) groups is 1. The first kappa shape index (κ1) is 12.1. The number of nitrogens with zero attached hydrogens (tertiary/aromatic N) is 1. The van der Waals surface area contributed by atoms with Crippen molar-refractivity contribution in [1.29, 1.82) is 0 Å². The van der Waals surface area contributed by atoms with Gasteiger partial charge >= 0.3 is 5.97 Å². The van der Waals surface area contributed by atoms with E-state index in [1.165, 1.54) is 0 Å². The lowest BCUT2D eigenvalue weighted by Gasteiger charge is -2.17. The first-order chi connectivity index (χ1) is 8.27. The van der Waals surface area contributed by atoms with Crippen molar-refractivity contribution in [1.82, 2.24) is 4.98 Å². The molecule has 0 N–H and O–H groups in total. The number of hydrogen-bond acceptors (Lipinski definition) is 3. The summed E-state index contributed by atoms with van der Waals surface area (Å²) < 4.78 is 5.25. The number of hydrogen-bond donors (Lipinski definition) is 0. The number of ether oxygens (including phenoxy) is 1. The zero-order valence-electron chi connectivity index (χ0n) is 9.43. The molecule has 0 bridgehead atoms. The topological polar surface area (TPSA) is 39.2 Å². The molecule has 0 fully saturated rings. The van der Waals surface area contributed by atoms with E-state index >= 15 is 0 Å². The van der Waals surface area contributed by atoms with Gasteiger partial charge < -0.3 is 4.74 Å². The van der Waals surface area contributed by atoms with E-state index in [2.05, 4.69) is 17.1 Å². The van der Waals surface area contributed by atoms with Crippen LogP contribution in [0.5, 0.6) is 0 Å². The van der Waals surface area contributed by atoms with E-state index < -0.39 is 5.97 Å². The molecule has 1 unspecified atom stereocenters. The standard InChI is InChI=1S/C13H14ClNO2/c14-12-11(7-4-8-15-12)13(16)17-9-10-5-2-1-3-6-10/h1-2,4,7-8,10H,3,5-6,9H2. The van der Waals surface area contributed by atoms with Crippen molar-refractivity contribution in [2.24, 2.45) is 5.92 Å². The summed E-state index contributed by atoms with van der Waals surface area (Å²) in [6.07, 6.45) is 8.97. The van der Waals surface area contributed by atoms with E-state index in [0.29, 0.717) is 18.1 Å². The second kappa shape index (κ2) is 5.82. The van der Waals surface area contributed by atoms with Crippen LogP contribution in [-0.4, -0.2) is 17.6 Å². The minimum Gasteiger partial charge on any atom is -0.462 e. The lowest BCUT2D eigenvalue weighted by molar-refractivity contribution is 0.0432. The molecule has 17 heavy (non-hydrogen) atoms. The van der Waals surface area contributed by atoms with Gasteiger partial charge in [-0.15, -0.1) is 0 Å². The van der Waals surface area contributed by atoms with Crippen LogP contribution in [-0.2, 0) is 4.74 Å². The SMILES string of the molecule is O=C(OCC1CC=CCC1)c1cccnc1Cl. The zero-order valence-corrected chi connectivity index (χ0v) is 10.2. The summed E-state index contributed by atoms with van der Waals surface area (Å²) in [7, 11) is 0. The van der Waals surface area contributed by atoms with Gasteiger partial charge in [0.15, 0.2) is 0 Å². The largest absolute Gasteiger partial charge is 0.462 e. The Bertz CT molecular complexity index is 431. The Morgan fingerprint density at radius 3 is 3.12 bits per heavy atom. The number of esters is 1. The van der Waals surface area contributed by atoms with E-state index in [0.717, 1.165) is 19.3 Å². The van der Waals surface area contributed by atoms with Gasteiger partial charge in [-0.05, 0) is 37.3 Å². The van der Waals surface area contributed by atoms with E-state index in [9.17, 15) is 4.79 Å². The smallest absolute Gasteiger partial charge is 0.341 e. The molecule has 0 radical (unpaired) electrons. The Labute approximate surface area is 105 Å². The molecule has 2 rings (SSSR count). The van der Waals surface area contributed by atoms with Crippen molar-refractivity contribution in [3.05, 3.63) is 41.2 Å². The molecule has 0 aliphatic heterocycles. The predicted octanol–water partition coefficient (Wildman–Crippen LogP) is 3.25. The van der Waals surface area contributed by atoms with Crippen molar-refractivity contribution >= 4 is 17.6 Å². The van der Waals surface area contributed by atoms with Crippen molar-refractivity contribution in [2.45, 2.75) is 19.3 Å². The Balaban J connectivity index is 1.89. The third kappa shape index (κ3) is 3.30. The van der Waals surface area contributed by atoms with Crippen LogP contribution in [0.4, 0.5) is 0 Å². The molecule has 3 nitrogen and oxygen atoms in total. The fourth-order valence-corrected chi connectivity index (χ4v) is 2.01. The maximum atomic E-state index is 11.7. The van der Waals surface area contributed by atoms with Crippen LogP contribution in [0.25, 0.3) is 0 Å². The molecule has 1 aliphatic rings. The highest BCUT2D eigenvalue weighted by Gasteiger charge is 2.16. The summed E-state index contributed by atoms with van der Waals surface area (Å²) in [5.41, 5.74) is 0.334. The first-order valence-electron chi connectivity index (χ1n) is 5.70. The van der Waals surface area contributed by atoms with Gasteiger partial charge in [0.25, 0.3) is 0 Å². The van der Waals surface area contributed by atoms with Crippen molar-refractivity contribution in [3.8, 4) is 0 Å². The number of halogens is 1. The van der Waals surface area contributed by atoms with Crippen LogP contribution in [0.2, 0.25) is 5.15 Å². The van der Waals surface area contributed by atoms with E-state index in [1.54, 1.807) is 18.3 Å². The number of allylic oxidation sites excluding steroid dienone is 2. The summed E-state index contributed by atoms with van der Waals surface area (Å²) in [4.78, 5) is 15.6. The van der Waals surface area contributed by atoms with Crippen molar-refractivity contribution < 1.29 is 9.53 Å². The highest BCUT2D eigenvalue weighted by Crippen LogP contribution is 2.19. The van der Waals surface area contributed by atoms with Gasteiger partial charge in [-0.2, -0.15) is 0 Å². The Hall–Kier alpha value is -1.35. The minimum absolute atomic E-state index is 0.195. The Morgan fingerprint density at radius 1 is 1.53 bits per heavy atom. The van der Waals surface area contributed by atoms with E-state index in [4.69, 9.17) is 16.3 Å². The molecular formula is C13H14ClNO2. The fourth-order valence-electron chi connectivity index (χ4n) is 1.82. The summed E-state index contributed by atoms with van der Waals surface area (Å²) in [5.74, 6) is 0.0389. The van der Waals surface area contributed by atoms with Crippen LogP contribution in [0, 0.1) is 5.92 Å². The van der Waals surface area contributed by atoms with Gasteiger partial charge in [0.1, 0.15) is 5.15 Å². The third-order valence-corrected chi connectivity index (χ3v) is 3.11. The van der Waals surface area contributed by atoms with Gasteiger partial charge in [0, 0.05) is 6.20 Å². The molecule has 90 valence electrons. The van der Waals surface area contributed by atoms with E-state index in [-0.39, 0.29) is 5.15 Å². The highest BCUT2D eigenvalue weighted by atomic mass is 35.5.